The number of carbonyl (C=O) groups excluding carboxylic acids is 4. The molecule has 0 bridgehead atoms. The van der Waals surface area contributed by atoms with Crippen LogP contribution in [0, 0.1) is 5.92 Å². The third-order valence-electron chi connectivity index (χ3n) is 5.99. The van der Waals surface area contributed by atoms with Gasteiger partial charge in [0.1, 0.15) is 24.2 Å². The summed E-state index contributed by atoms with van der Waals surface area (Å²) >= 11 is 0. The molecule has 0 saturated carbocycles. The van der Waals surface area contributed by atoms with E-state index in [0.717, 1.165) is 12.5 Å². The van der Waals surface area contributed by atoms with E-state index >= 15 is 0 Å². The number of hydrogen-bond acceptors (Lipinski definition) is 12. The van der Waals surface area contributed by atoms with Crippen molar-refractivity contribution < 1.29 is 47.6 Å². The van der Waals surface area contributed by atoms with Gasteiger partial charge in [0.05, 0.1) is 26.5 Å². The first-order valence-electron chi connectivity index (χ1n) is 12.0. The number of ether oxygens (including phenoxy) is 6. The van der Waals surface area contributed by atoms with E-state index in [0.29, 0.717) is 11.4 Å². The lowest BCUT2D eigenvalue weighted by atomic mass is 9.87. The number of methoxy groups -OCH3 is 2. The van der Waals surface area contributed by atoms with Crippen molar-refractivity contribution in [2.45, 2.75) is 52.0 Å². The van der Waals surface area contributed by atoms with Crippen LogP contribution in [0.5, 0.6) is 5.75 Å². The first kappa shape index (κ1) is 29.1. The van der Waals surface area contributed by atoms with E-state index in [9.17, 15) is 19.2 Å². The molecule has 0 spiro atoms. The van der Waals surface area contributed by atoms with Crippen LogP contribution < -0.4 is 4.74 Å². The Kier molecular flexibility index (Phi) is 9.63. The molecule has 2 aromatic rings. The maximum atomic E-state index is 12.6. The smallest absolute Gasteiger partial charge is 0.373 e. The number of nitrogens with zero attached hydrogens (tertiary/aromatic N) is 3. The molecule has 0 radical (unpaired) electrons. The van der Waals surface area contributed by atoms with Gasteiger partial charge in [0.25, 0.3) is 0 Å². The summed E-state index contributed by atoms with van der Waals surface area (Å²) in [6, 6.07) is 6.61. The summed E-state index contributed by atoms with van der Waals surface area (Å²) in [5.74, 6) is -2.82. The van der Waals surface area contributed by atoms with E-state index < -0.39 is 60.8 Å². The number of rotatable bonds is 10. The van der Waals surface area contributed by atoms with Crippen molar-refractivity contribution in [3.05, 3.63) is 42.3 Å². The molecule has 5 atom stereocenters. The van der Waals surface area contributed by atoms with Gasteiger partial charge in [-0.25, -0.2) is 9.48 Å². The maximum Gasteiger partial charge on any atom is 0.373 e. The van der Waals surface area contributed by atoms with Gasteiger partial charge >= 0.3 is 23.9 Å². The molecule has 2 heterocycles. The number of allylic oxidation sites excluding steroid dienone is 1. The van der Waals surface area contributed by atoms with Crippen molar-refractivity contribution in [2.75, 3.05) is 20.8 Å². The third kappa shape index (κ3) is 7.33. The second-order valence-corrected chi connectivity index (χ2v) is 8.79. The molecule has 0 N–H and O–H groups in total. The van der Waals surface area contributed by atoms with E-state index in [1.165, 1.54) is 27.0 Å². The minimum Gasteiger partial charge on any atom is -0.497 e. The van der Waals surface area contributed by atoms with Gasteiger partial charge in [0.15, 0.2) is 12.2 Å². The second kappa shape index (κ2) is 12.9. The van der Waals surface area contributed by atoms with Crippen molar-refractivity contribution in [1.29, 1.82) is 0 Å². The third-order valence-corrected chi connectivity index (χ3v) is 5.99. The lowest BCUT2D eigenvalue weighted by molar-refractivity contribution is -0.190. The monoisotopic (exact) mass is 545 g/mol. The number of esters is 4. The zero-order valence-corrected chi connectivity index (χ0v) is 22.5. The lowest BCUT2D eigenvalue weighted by Crippen LogP contribution is -2.52. The van der Waals surface area contributed by atoms with Gasteiger partial charge in [0.2, 0.25) is 5.76 Å². The zero-order chi connectivity index (χ0) is 28.7. The number of aromatic nitrogens is 3. The average Bonchev–Trinajstić information content (AvgIpc) is 3.39. The lowest BCUT2D eigenvalue weighted by Gasteiger charge is -2.40. The van der Waals surface area contributed by atoms with Crippen LogP contribution in [-0.4, -0.2) is 78.0 Å². The molecule has 39 heavy (non-hydrogen) atoms. The van der Waals surface area contributed by atoms with Gasteiger partial charge in [-0.2, -0.15) is 0 Å². The molecule has 0 fully saturated rings. The van der Waals surface area contributed by atoms with Crippen molar-refractivity contribution in [3.63, 3.8) is 0 Å². The van der Waals surface area contributed by atoms with Gasteiger partial charge in [-0.15, -0.1) is 5.10 Å². The first-order valence-corrected chi connectivity index (χ1v) is 12.0. The highest BCUT2D eigenvalue weighted by atomic mass is 16.6. The predicted octanol–water partition coefficient (Wildman–Crippen LogP) is 2.01. The maximum absolute atomic E-state index is 12.6. The fourth-order valence-electron chi connectivity index (χ4n) is 4.17. The van der Waals surface area contributed by atoms with Crippen molar-refractivity contribution >= 4 is 23.9 Å². The molecule has 0 saturated heterocycles. The number of hydrogen-bond donors (Lipinski definition) is 0. The normalized spacial score (nSPS) is 19.9. The molecule has 1 aromatic carbocycles. The summed E-state index contributed by atoms with van der Waals surface area (Å²) in [6.45, 7) is 4.89. The molecule has 13 nitrogen and oxygen atoms in total. The molecular weight excluding hydrogens is 514 g/mol. The molecule has 1 aliphatic rings. The van der Waals surface area contributed by atoms with Crippen LogP contribution in [0.25, 0.3) is 11.3 Å². The van der Waals surface area contributed by atoms with Crippen molar-refractivity contribution in [3.8, 4) is 17.0 Å². The van der Waals surface area contributed by atoms with Crippen LogP contribution in [0.15, 0.2) is 42.3 Å². The molecule has 13 heteroatoms. The van der Waals surface area contributed by atoms with Gasteiger partial charge < -0.3 is 28.4 Å². The van der Waals surface area contributed by atoms with Gasteiger partial charge in [0, 0.05) is 32.3 Å². The van der Waals surface area contributed by atoms with Crippen LogP contribution in [0.3, 0.4) is 0 Å². The van der Waals surface area contributed by atoms with Gasteiger partial charge in [-0.3, -0.25) is 14.4 Å². The standard InChI is InChI=1S/C26H31N3O10/c1-14-21(29-12-20(27-28-29)18-7-9-19(34-5)10-8-18)11-22(26(33)35-6)39-24(14)25(38-17(4)32)23(37-16(3)31)13-36-15(2)30/h7-12,14,21,23-25H,13H2,1-6H3/t14-,21+,23-,24-,25-/m1/s1. The molecule has 0 unspecified atom stereocenters. The quantitative estimate of drug-likeness (QED) is 0.317. The van der Waals surface area contributed by atoms with E-state index in [1.807, 2.05) is 12.1 Å². The molecule has 210 valence electrons. The predicted molar refractivity (Wildman–Crippen MR) is 133 cm³/mol. The Morgan fingerprint density at radius 3 is 2.23 bits per heavy atom. The minimum atomic E-state index is -1.26. The van der Waals surface area contributed by atoms with Crippen LogP contribution in [0.2, 0.25) is 0 Å². The van der Waals surface area contributed by atoms with Crippen LogP contribution in [0.4, 0.5) is 0 Å². The molecule has 3 rings (SSSR count). The van der Waals surface area contributed by atoms with E-state index in [2.05, 4.69) is 10.3 Å². The Morgan fingerprint density at radius 2 is 1.67 bits per heavy atom. The van der Waals surface area contributed by atoms with Crippen LogP contribution in [-0.2, 0) is 42.9 Å². The fourth-order valence-corrected chi connectivity index (χ4v) is 4.17. The van der Waals surface area contributed by atoms with E-state index in [-0.39, 0.29) is 5.76 Å². The molecular formula is C26H31N3O10. The first-order chi connectivity index (χ1) is 18.5. The molecule has 1 aliphatic heterocycles. The second-order valence-electron chi connectivity index (χ2n) is 8.79. The zero-order valence-electron chi connectivity index (χ0n) is 22.5. The van der Waals surface area contributed by atoms with Crippen molar-refractivity contribution in [1.82, 2.24) is 15.0 Å². The average molecular weight is 546 g/mol. The van der Waals surface area contributed by atoms with Crippen molar-refractivity contribution in [2.24, 2.45) is 5.92 Å². The largest absolute Gasteiger partial charge is 0.497 e. The minimum absolute atomic E-state index is 0.168. The highest BCUT2D eigenvalue weighted by molar-refractivity contribution is 5.86. The summed E-state index contributed by atoms with van der Waals surface area (Å²) in [5.41, 5.74) is 1.34. The summed E-state index contributed by atoms with van der Waals surface area (Å²) in [7, 11) is 2.76. The summed E-state index contributed by atoms with van der Waals surface area (Å²) in [6.07, 6.45) is -0.323. The Balaban J connectivity index is 2.02. The summed E-state index contributed by atoms with van der Waals surface area (Å²) < 4.78 is 33.5. The van der Waals surface area contributed by atoms with Crippen LogP contribution in [0.1, 0.15) is 33.7 Å². The fraction of sp³-hybridized carbons (Fsp3) is 0.462. The van der Waals surface area contributed by atoms with Gasteiger partial charge in [-0.1, -0.05) is 12.1 Å². The van der Waals surface area contributed by atoms with E-state index in [4.69, 9.17) is 28.4 Å². The summed E-state index contributed by atoms with van der Waals surface area (Å²) in [5, 5.41) is 8.51. The Hall–Kier alpha value is -4.42. The number of carbonyl (C=O) groups is 4. The highest BCUT2D eigenvalue weighted by Gasteiger charge is 2.46. The summed E-state index contributed by atoms with van der Waals surface area (Å²) in [4.78, 5) is 48.0. The van der Waals surface area contributed by atoms with Crippen LogP contribution >= 0.6 is 0 Å². The number of benzene rings is 1. The Bertz CT molecular complexity index is 1220. The SMILES string of the molecule is COC(=O)C1=C[C@H](n2cc(-c3ccc(OC)cc3)nn2)[C@@H](C)[C@H]([C@H](OC(C)=O)[C@@H](COC(C)=O)OC(C)=O)O1. The molecule has 0 aliphatic carbocycles. The topological polar surface area (TPSA) is 154 Å². The molecule has 1 aromatic heterocycles. The molecule has 0 amide bonds. The highest BCUT2D eigenvalue weighted by Crippen LogP contribution is 2.36. The van der Waals surface area contributed by atoms with Gasteiger partial charge in [-0.05, 0) is 30.3 Å². The Morgan fingerprint density at radius 1 is 1.00 bits per heavy atom. The Labute approximate surface area is 224 Å². The van der Waals surface area contributed by atoms with E-state index in [1.54, 1.807) is 37.0 Å².